The maximum absolute atomic E-state index is 6.00. The van der Waals surface area contributed by atoms with Crippen LogP contribution in [0.1, 0.15) is 34.6 Å². The summed E-state index contributed by atoms with van der Waals surface area (Å²) >= 11 is 0. The van der Waals surface area contributed by atoms with Crippen LogP contribution in [0.15, 0.2) is 0 Å². The van der Waals surface area contributed by atoms with Crippen LogP contribution in [0.2, 0.25) is 18.3 Å². The zero-order valence-corrected chi connectivity index (χ0v) is 14.9. The van der Waals surface area contributed by atoms with Crippen LogP contribution in [-0.4, -0.2) is 43.5 Å². The van der Waals surface area contributed by atoms with Gasteiger partial charge in [-0.3, -0.25) is 0 Å². The zero-order chi connectivity index (χ0) is 14.1. The second-order valence-electron chi connectivity index (χ2n) is 4.31. The molecule has 0 aliphatic heterocycles. The zero-order valence-electron chi connectivity index (χ0n) is 12.9. The first-order chi connectivity index (χ1) is 8.51. The quantitative estimate of drug-likeness (QED) is 0.548. The van der Waals surface area contributed by atoms with E-state index in [4.69, 9.17) is 17.7 Å². The molecule has 18 heavy (non-hydrogen) atoms. The number of hydrogen-bond acceptors (Lipinski definition) is 4. The van der Waals surface area contributed by atoms with Crippen molar-refractivity contribution in [3.63, 3.8) is 0 Å². The molecule has 0 aromatic rings. The van der Waals surface area contributed by atoms with E-state index in [1.165, 1.54) is 0 Å². The highest BCUT2D eigenvalue weighted by molar-refractivity contribution is 6.85. The molecule has 0 saturated carbocycles. The molecule has 0 aliphatic rings. The molecule has 0 aromatic carbocycles. The summed E-state index contributed by atoms with van der Waals surface area (Å²) in [5.41, 5.74) is 0.847. The van der Waals surface area contributed by atoms with Crippen molar-refractivity contribution in [3.8, 4) is 0 Å². The molecule has 0 fully saturated rings. The van der Waals surface area contributed by atoms with Gasteiger partial charge in [0.05, 0.1) is 0 Å². The SMILES string of the molecule is CCO[Si](C)(C[Si](CC)(OCC)OCC)OCC. The molecule has 110 valence electrons. The van der Waals surface area contributed by atoms with Gasteiger partial charge in [-0.05, 0) is 40.3 Å². The van der Waals surface area contributed by atoms with Gasteiger partial charge in [0.15, 0.2) is 0 Å². The molecule has 0 aliphatic carbocycles. The molecule has 0 saturated heterocycles. The third kappa shape index (κ3) is 5.94. The van der Waals surface area contributed by atoms with Gasteiger partial charge in [-0.2, -0.15) is 0 Å². The van der Waals surface area contributed by atoms with Gasteiger partial charge in [-0.1, -0.05) is 6.92 Å². The Labute approximate surface area is 114 Å². The molecule has 0 amide bonds. The van der Waals surface area contributed by atoms with E-state index < -0.39 is 17.1 Å². The van der Waals surface area contributed by atoms with Gasteiger partial charge >= 0.3 is 17.1 Å². The third-order valence-corrected chi connectivity index (χ3v) is 12.1. The maximum atomic E-state index is 6.00. The first-order valence-electron chi connectivity index (χ1n) is 7.07. The molecule has 0 radical (unpaired) electrons. The van der Waals surface area contributed by atoms with Gasteiger partial charge in [0.1, 0.15) is 0 Å². The van der Waals surface area contributed by atoms with Crippen molar-refractivity contribution in [1.29, 1.82) is 0 Å². The average molecular weight is 295 g/mol. The predicted octanol–water partition coefficient (Wildman–Crippen LogP) is 3.21. The van der Waals surface area contributed by atoms with Crippen LogP contribution in [0.5, 0.6) is 0 Å². The first-order valence-corrected chi connectivity index (χ1v) is 11.8. The molecular formula is C12H30O4Si2. The molecule has 0 bridgehead atoms. The molecular weight excluding hydrogens is 264 g/mol. The third-order valence-electron chi connectivity index (χ3n) is 2.84. The maximum Gasteiger partial charge on any atom is 0.339 e. The van der Waals surface area contributed by atoms with Crippen molar-refractivity contribution < 1.29 is 17.7 Å². The van der Waals surface area contributed by atoms with Crippen LogP contribution in [0.4, 0.5) is 0 Å². The lowest BCUT2D eigenvalue weighted by molar-refractivity contribution is 0.166. The molecule has 0 unspecified atom stereocenters. The lowest BCUT2D eigenvalue weighted by atomic mass is 10.9. The molecule has 6 heteroatoms. The van der Waals surface area contributed by atoms with Crippen LogP contribution < -0.4 is 0 Å². The van der Waals surface area contributed by atoms with E-state index in [0.29, 0.717) is 26.4 Å². The van der Waals surface area contributed by atoms with E-state index in [1.807, 2.05) is 27.7 Å². The molecule has 0 rings (SSSR count). The van der Waals surface area contributed by atoms with Crippen molar-refractivity contribution in [2.45, 2.75) is 52.9 Å². The largest absolute Gasteiger partial charge is 0.395 e. The molecule has 0 N–H and O–H groups in total. The average Bonchev–Trinajstić information content (AvgIpc) is 2.30. The standard InChI is InChI=1S/C12H30O4Si2/c1-7-13-17(6,14-8-2)12-18(11-5,15-9-3)16-10-4/h7-12H2,1-6H3. The van der Waals surface area contributed by atoms with E-state index in [-0.39, 0.29) is 0 Å². The second-order valence-corrected chi connectivity index (χ2v) is 11.7. The summed E-state index contributed by atoms with van der Waals surface area (Å²) in [6.07, 6.45) is 0. The van der Waals surface area contributed by atoms with Gasteiger partial charge in [-0.25, -0.2) is 0 Å². The number of rotatable bonds is 11. The molecule has 0 atom stereocenters. The Hall–Kier alpha value is 0.274. The number of hydrogen-bond donors (Lipinski definition) is 0. The van der Waals surface area contributed by atoms with Gasteiger partial charge in [-0.15, -0.1) is 0 Å². The molecule has 4 nitrogen and oxygen atoms in total. The second kappa shape index (κ2) is 9.22. The monoisotopic (exact) mass is 294 g/mol. The Bertz CT molecular complexity index is 202. The van der Waals surface area contributed by atoms with Crippen LogP contribution in [0.3, 0.4) is 0 Å². The minimum absolute atomic E-state index is 0.690. The van der Waals surface area contributed by atoms with Crippen molar-refractivity contribution in [2.75, 3.05) is 26.4 Å². The van der Waals surface area contributed by atoms with Gasteiger partial charge < -0.3 is 17.7 Å². The fourth-order valence-corrected chi connectivity index (χ4v) is 11.6. The van der Waals surface area contributed by atoms with E-state index in [0.717, 1.165) is 11.7 Å². The minimum atomic E-state index is -2.17. The summed E-state index contributed by atoms with van der Waals surface area (Å²) in [7, 11) is -4.34. The molecule has 0 spiro atoms. The summed E-state index contributed by atoms with van der Waals surface area (Å²) in [4.78, 5) is 0. The van der Waals surface area contributed by atoms with Crippen molar-refractivity contribution in [3.05, 3.63) is 0 Å². The fraction of sp³-hybridized carbons (Fsp3) is 1.00. The smallest absolute Gasteiger partial charge is 0.339 e. The van der Waals surface area contributed by atoms with Crippen LogP contribution in [0.25, 0.3) is 0 Å². The summed E-state index contributed by atoms with van der Waals surface area (Å²) in [5, 5.41) is 0. The first kappa shape index (κ1) is 18.3. The van der Waals surface area contributed by atoms with E-state index in [9.17, 15) is 0 Å². The van der Waals surface area contributed by atoms with Crippen LogP contribution >= 0.6 is 0 Å². The summed E-state index contributed by atoms with van der Waals surface area (Å²) < 4.78 is 23.8. The summed E-state index contributed by atoms with van der Waals surface area (Å²) in [6, 6.07) is 0.942. The van der Waals surface area contributed by atoms with Crippen LogP contribution in [0, 0.1) is 0 Å². The van der Waals surface area contributed by atoms with Gasteiger partial charge in [0.2, 0.25) is 0 Å². The van der Waals surface area contributed by atoms with E-state index in [2.05, 4.69) is 13.5 Å². The Kier molecular flexibility index (Phi) is 9.36. The fourth-order valence-electron chi connectivity index (χ4n) is 2.24. The Balaban J connectivity index is 4.87. The summed E-state index contributed by atoms with van der Waals surface area (Å²) in [5.74, 6) is 0. The Morgan fingerprint density at radius 1 is 0.667 bits per heavy atom. The Morgan fingerprint density at radius 2 is 1.06 bits per heavy atom. The summed E-state index contributed by atoms with van der Waals surface area (Å²) in [6.45, 7) is 15.1. The lowest BCUT2D eigenvalue weighted by Gasteiger charge is -2.35. The van der Waals surface area contributed by atoms with Crippen molar-refractivity contribution in [1.82, 2.24) is 0 Å². The predicted molar refractivity (Wildman–Crippen MR) is 79.2 cm³/mol. The minimum Gasteiger partial charge on any atom is -0.395 e. The highest BCUT2D eigenvalue weighted by atomic mass is 28.4. The Morgan fingerprint density at radius 3 is 1.33 bits per heavy atom. The lowest BCUT2D eigenvalue weighted by Crippen LogP contribution is -2.53. The van der Waals surface area contributed by atoms with Gasteiger partial charge in [0, 0.05) is 32.1 Å². The van der Waals surface area contributed by atoms with Crippen molar-refractivity contribution >= 4 is 17.1 Å². The van der Waals surface area contributed by atoms with Gasteiger partial charge in [0.25, 0.3) is 0 Å². The van der Waals surface area contributed by atoms with Crippen LogP contribution in [-0.2, 0) is 17.7 Å². The van der Waals surface area contributed by atoms with Crippen molar-refractivity contribution in [2.24, 2.45) is 0 Å². The normalized spacial score (nSPS) is 13.0. The molecule has 0 heterocycles. The molecule has 0 aromatic heterocycles. The van der Waals surface area contributed by atoms with E-state index in [1.54, 1.807) is 0 Å². The highest BCUT2D eigenvalue weighted by Crippen LogP contribution is 2.27. The van der Waals surface area contributed by atoms with E-state index >= 15 is 0 Å². The topological polar surface area (TPSA) is 36.9 Å². The highest BCUT2D eigenvalue weighted by Gasteiger charge is 2.47.